The van der Waals surface area contributed by atoms with Crippen LogP contribution in [0.4, 0.5) is 0 Å². The first-order valence-electron chi connectivity index (χ1n) is 4.86. The zero-order valence-electron chi connectivity index (χ0n) is 9.04. The Morgan fingerprint density at radius 2 is 1.94 bits per heavy atom. The lowest BCUT2D eigenvalue weighted by Crippen LogP contribution is -2.12. The number of nitrogens with zero attached hydrogens (tertiary/aromatic N) is 1. The summed E-state index contributed by atoms with van der Waals surface area (Å²) < 4.78 is 0. The van der Waals surface area contributed by atoms with Crippen LogP contribution in [0.3, 0.4) is 0 Å². The topological polar surface area (TPSA) is 38.9 Å². The molecule has 0 aliphatic heterocycles. The summed E-state index contributed by atoms with van der Waals surface area (Å²) in [6, 6.07) is 5.69. The van der Waals surface area contributed by atoms with Crippen LogP contribution in [0.5, 0.6) is 0 Å². The van der Waals surface area contributed by atoms with E-state index in [9.17, 15) is 0 Å². The number of fused-ring (bicyclic) bond motifs is 1. The van der Waals surface area contributed by atoms with Crippen LogP contribution in [0, 0.1) is 13.8 Å². The monoisotopic (exact) mass is 250 g/mol. The highest BCUT2D eigenvalue weighted by molar-refractivity contribution is 7.80. The standard InChI is InChI=1S/C12H11ClN2S/c1-6-4-10(12(14)16)15-11-7(2)3-8(13)5-9(6)11/h3-5H,1-2H3,(H2,14,16). The Balaban J connectivity index is 2.87. The molecule has 2 N–H and O–H groups in total. The van der Waals surface area contributed by atoms with Crippen LogP contribution < -0.4 is 5.73 Å². The lowest BCUT2D eigenvalue weighted by atomic mass is 10.1. The molecular formula is C12H11ClN2S. The van der Waals surface area contributed by atoms with Crippen molar-refractivity contribution in [2.75, 3.05) is 0 Å². The fraction of sp³-hybridized carbons (Fsp3) is 0.167. The fourth-order valence-corrected chi connectivity index (χ4v) is 2.12. The maximum absolute atomic E-state index is 6.02. The highest BCUT2D eigenvalue weighted by Gasteiger charge is 2.07. The van der Waals surface area contributed by atoms with Crippen LogP contribution in [0.15, 0.2) is 18.2 Å². The van der Waals surface area contributed by atoms with Gasteiger partial charge in [0.25, 0.3) is 0 Å². The minimum atomic E-state index is 0.319. The van der Waals surface area contributed by atoms with Gasteiger partial charge in [-0.1, -0.05) is 23.8 Å². The Hall–Kier alpha value is -1.19. The number of hydrogen-bond donors (Lipinski definition) is 1. The van der Waals surface area contributed by atoms with E-state index in [1.807, 2.05) is 32.0 Å². The Morgan fingerprint density at radius 3 is 2.56 bits per heavy atom. The third-order valence-corrected chi connectivity index (χ3v) is 2.96. The number of thiocarbonyl (C=S) groups is 1. The number of pyridine rings is 1. The molecule has 0 radical (unpaired) electrons. The molecule has 1 aromatic carbocycles. The molecule has 0 aliphatic rings. The molecule has 2 rings (SSSR count). The molecule has 1 aromatic heterocycles. The van der Waals surface area contributed by atoms with Gasteiger partial charge in [0.05, 0.1) is 11.2 Å². The van der Waals surface area contributed by atoms with Gasteiger partial charge in [-0.15, -0.1) is 0 Å². The molecule has 0 unspecified atom stereocenters. The minimum Gasteiger partial charge on any atom is -0.388 e. The summed E-state index contributed by atoms with van der Waals surface area (Å²) in [5, 5.41) is 1.77. The molecule has 0 amide bonds. The molecule has 82 valence electrons. The van der Waals surface area contributed by atoms with Gasteiger partial charge in [0.2, 0.25) is 0 Å². The summed E-state index contributed by atoms with van der Waals surface area (Å²) in [5.74, 6) is 0. The molecule has 2 aromatic rings. The zero-order chi connectivity index (χ0) is 11.9. The van der Waals surface area contributed by atoms with Gasteiger partial charge in [-0.2, -0.15) is 0 Å². The van der Waals surface area contributed by atoms with E-state index in [-0.39, 0.29) is 0 Å². The Labute approximate surface area is 104 Å². The quantitative estimate of drug-likeness (QED) is 0.791. The van der Waals surface area contributed by atoms with Gasteiger partial charge in [0.15, 0.2) is 0 Å². The van der Waals surface area contributed by atoms with Crippen molar-refractivity contribution in [3.8, 4) is 0 Å². The van der Waals surface area contributed by atoms with Crippen LogP contribution in [-0.4, -0.2) is 9.97 Å². The molecule has 0 aliphatic carbocycles. The average Bonchev–Trinajstić information content (AvgIpc) is 2.19. The van der Waals surface area contributed by atoms with Crippen molar-refractivity contribution in [3.63, 3.8) is 0 Å². The minimum absolute atomic E-state index is 0.319. The molecule has 16 heavy (non-hydrogen) atoms. The smallest absolute Gasteiger partial charge is 0.122 e. The first kappa shape index (κ1) is 11.3. The first-order valence-corrected chi connectivity index (χ1v) is 5.65. The van der Waals surface area contributed by atoms with E-state index >= 15 is 0 Å². The number of rotatable bonds is 1. The summed E-state index contributed by atoms with van der Waals surface area (Å²) in [6.45, 7) is 3.98. The van der Waals surface area contributed by atoms with Gasteiger partial charge >= 0.3 is 0 Å². The summed E-state index contributed by atoms with van der Waals surface area (Å²) in [4.78, 5) is 4.77. The van der Waals surface area contributed by atoms with Crippen LogP contribution in [0.25, 0.3) is 10.9 Å². The van der Waals surface area contributed by atoms with Crippen molar-refractivity contribution in [2.45, 2.75) is 13.8 Å². The zero-order valence-corrected chi connectivity index (χ0v) is 10.6. The predicted octanol–water partition coefficient (Wildman–Crippen LogP) is 3.14. The third-order valence-electron chi connectivity index (χ3n) is 2.53. The SMILES string of the molecule is Cc1cc(C(N)=S)nc2c(C)cc(Cl)cc12. The number of aromatic nitrogens is 1. The second-order valence-corrected chi connectivity index (χ2v) is 4.68. The van der Waals surface area contributed by atoms with E-state index in [1.165, 1.54) is 0 Å². The summed E-state index contributed by atoms with van der Waals surface area (Å²) >= 11 is 11.0. The van der Waals surface area contributed by atoms with E-state index in [0.29, 0.717) is 10.7 Å². The van der Waals surface area contributed by atoms with E-state index in [1.54, 1.807) is 0 Å². The lowest BCUT2D eigenvalue weighted by molar-refractivity contribution is 1.30. The second-order valence-electron chi connectivity index (χ2n) is 3.81. The highest BCUT2D eigenvalue weighted by atomic mass is 35.5. The molecular weight excluding hydrogens is 240 g/mol. The Bertz CT molecular complexity index is 593. The third kappa shape index (κ3) is 1.88. The number of nitrogens with two attached hydrogens (primary N) is 1. The second kappa shape index (κ2) is 4.00. The molecule has 0 saturated heterocycles. The number of aryl methyl sites for hydroxylation is 2. The molecule has 0 fully saturated rings. The van der Waals surface area contributed by atoms with Crippen molar-refractivity contribution in [3.05, 3.63) is 40.0 Å². The average molecular weight is 251 g/mol. The molecule has 2 nitrogen and oxygen atoms in total. The highest BCUT2D eigenvalue weighted by Crippen LogP contribution is 2.25. The van der Waals surface area contributed by atoms with E-state index in [0.717, 1.165) is 27.1 Å². The van der Waals surface area contributed by atoms with Gasteiger partial charge in [0.1, 0.15) is 4.99 Å². The molecule has 4 heteroatoms. The largest absolute Gasteiger partial charge is 0.388 e. The van der Waals surface area contributed by atoms with Crippen molar-refractivity contribution < 1.29 is 0 Å². The molecule has 0 atom stereocenters. The Kier molecular flexibility index (Phi) is 2.82. The van der Waals surface area contributed by atoms with Gasteiger partial charge in [-0.05, 0) is 43.2 Å². The maximum atomic E-state index is 6.02. The van der Waals surface area contributed by atoms with Crippen LogP contribution in [0.1, 0.15) is 16.8 Å². The molecule has 0 spiro atoms. The molecule has 0 saturated carbocycles. The van der Waals surface area contributed by atoms with Crippen LogP contribution in [0.2, 0.25) is 5.02 Å². The molecule has 0 bridgehead atoms. The van der Waals surface area contributed by atoms with Crippen molar-refractivity contribution in [1.82, 2.24) is 4.98 Å². The van der Waals surface area contributed by atoms with Gasteiger partial charge < -0.3 is 5.73 Å². The number of halogens is 1. The van der Waals surface area contributed by atoms with E-state index < -0.39 is 0 Å². The van der Waals surface area contributed by atoms with E-state index in [4.69, 9.17) is 29.6 Å². The summed E-state index contributed by atoms with van der Waals surface area (Å²) in [7, 11) is 0. The van der Waals surface area contributed by atoms with E-state index in [2.05, 4.69) is 4.98 Å². The predicted molar refractivity (Wildman–Crippen MR) is 72.1 cm³/mol. The van der Waals surface area contributed by atoms with Gasteiger partial charge in [0, 0.05) is 10.4 Å². The molecule has 1 heterocycles. The normalized spacial score (nSPS) is 10.7. The summed E-state index contributed by atoms with van der Waals surface area (Å²) in [6.07, 6.45) is 0. The fourth-order valence-electron chi connectivity index (χ4n) is 1.75. The lowest BCUT2D eigenvalue weighted by Gasteiger charge is -2.08. The van der Waals surface area contributed by atoms with Crippen molar-refractivity contribution >= 4 is 39.7 Å². The van der Waals surface area contributed by atoms with Crippen molar-refractivity contribution in [1.29, 1.82) is 0 Å². The van der Waals surface area contributed by atoms with Crippen molar-refractivity contribution in [2.24, 2.45) is 5.73 Å². The maximum Gasteiger partial charge on any atom is 0.122 e. The van der Waals surface area contributed by atoms with Crippen LogP contribution in [-0.2, 0) is 0 Å². The van der Waals surface area contributed by atoms with Gasteiger partial charge in [-0.3, -0.25) is 0 Å². The Morgan fingerprint density at radius 1 is 1.25 bits per heavy atom. The summed E-state index contributed by atoms with van der Waals surface area (Å²) in [5.41, 5.74) is 9.28. The number of hydrogen-bond acceptors (Lipinski definition) is 2. The van der Waals surface area contributed by atoms with Gasteiger partial charge in [-0.25, -0.2) is 4.98 Å². The number of benzene rings is 1. The first-order chi connectivity index (χ1) is 7.49. The van der Waals surface area contributed by atoms with Crippen LogP contribution >= 0.6 is 23.8 Å².